The van der Waals surface area contributed by atoms with Gasteiger partial charge in [-0.2, -0.15) is 0 Å². The Morgan fingerprint density at radius 2 is 1.70 bits per heavy atom. The Morgan fingerprint density at radius 3 is 2.23 bits per heavy atom. The zero-order valence-electron chi connectivity index (χ0n) is 17.7. The SMILES string of the molecule is COc1ccc(CN(C)C(=O)C(NC(=O)c2c(F)cccc2F)C(C)C)c(OC)c1. The molecule has 30 heavy (non-hydrogen) atoms. The first-order valence-electron chi connectivity index (χ1n) is 9.40. The Hall–Kier alpha value is -3.16. The van der Waals surface area contributed by atoms with Gasteiger partial charge in [-0.25, -0.2) is 8.78 Å². The van der Waals surface area contributed by atoms with E-state index < -0.39 is 35.1 Å². The van der Waals surface area contributed by atoms with Crippen molar-refractivity contribution < 1.29 is 27.8 Å². The number of amides is 2. The van der Waals surface area contributed by atoms with Crippen LogP contribution >= 0.6 is 0 Å². The van der Waals surface area contributed by atoms with E-state index in [1.165, 1.54) is 18.1 Å². The van der Waals surface area contributed by atoms with Crippen LogP contribution in [0.25, 0.3) is 0 Å². The second-order valence-corrected chi connectivity index (χ2v) is 7.16. The number of hydrogen-bond donors (Lipinski definition) is 1. The summed E-state index contributed by atoms with van der Waals surface area (Å²) < 4.78 is 38.4. The molecule has 1 unspecified atom stereocenters. The summed E-state index contributed by atoms with van der Waals surface area (Å²) in [6, 6.07) is 7.42. The van der Waals surface area contributed by atoms with Crippen molar-refractivity contribution >= 4 is 11.8 Å². The number of carbonyl (C=O) groups excluding carboxylic acids is 2. The van der Waals surface area contributed by atoms with Crippen LogP contribution in [0.4, 0.5) is 8.78 Å². The summed E-state index contributed by atoms with van der Waals surface area (Å²) in [6.45, 7) is 3.68. The van der Waals surface area contributed by atoms with E-state index in [0.717, 1.165) is 17.7 Å². The van der Waals surface area contributed by atoms with E-state index in [1.807, 2.05) is 0 Å². The maximum absolute atomic E-state index is 13.9. The molecule has 0 saturated carbocycles. The Labute approximate surface area is 174 Å². The molecule has 2 rings (SSSR count). The van der Waals surface area contributed by atoms with E-state index >= 15 is 0 Å². The van der Waals surface area contributed by atoms with Gasteiger partial charge in [-0.15, -0.1) is 0 Å². The number of carbonyl (C=O) groups is 2. The molecule has 0 aliphatic heterocycles. The zero-order chi connectivity index (χ0) is 22.4. The fourth-order valence-corrected chi connectivity index (χ4v) is 3.00. The predicted molar refractivity (Wildman–Crippen MR) is 108 cm³/mol. The quantitative estimate of drug-likeness (QED) is 0.711. The Morgan fingerprint density at radius 1 is 1.07 bits per heavy atom. The second kappa shape index (κ2) is 10.0. The molecule has 162 valence electrons. The van der Waals surface area contributed by atoms with Crippen molar-refractivity contribution in [2.45, 2.75) is 26.4 Å². The summed E-state index contributed by atoms with van der Waals surface area (Å²) in [5.41, 5.74) is 0.0264. The molecule has 0 radical (unpaired) electrons. The fourth-order valence-electron chi connectivity index (χ4n) is 3.00. The van der Waals surface area contributed by atoms with Gasteiger partial charge in [-0.1, -0.05) is 19.9 Å². The topological polar surface area (TPSA) is 67.9 Å². The van der Waals surface area contributed by atoms with Gasteiger partial charge in [0.15, 0.2) is 0 Å². The normalized spacial score (nSPS) is 11.7. The van der Waals surface area contributed by atoms with Crippen LogP contribution in [0.2, 0.25) is 0 Å². The van der Waals surface area contributed by atoms with Gasteiger partial charge < -0.3 is 19.7 Å². The van der Waals surface area contributed by atoms with E-state index in [2.05, 4.69) is 5.32 Å². The number of methoxy groups -OCH3 is 2. The minimum Gasteiger partial charge on any atom is -0.497 e. The average Bonchev–Trinajstić information content (AvgIpc) is 2.71. The highest BCUT2D eigenvalue weighted by atomic mass is 19.1. The van der Waals surface area contributed by atoms with Crippen molar-refractivity contribution in [3.8, 4) is 11.5 Å². The van der Waals surface area contributed by atoms with Gasteiger partial charge in [0, 0.05) is 25.2 Å². The Bertz CT molecular complexity index is 898. The molecule has 2 aromatic carbocycles. The lowest BCUT2D eigenvalue weighted by atomic mass is 10.0. The molecule has 0 aromatic heterocycles. The maximum Gasteiger partial charge on any atom is 0.257 e. The molecule has 0 heterocycles. The third-order valence-electron chi connectivity index (χ3n) is 4.69. The lowest BCUT2D eigenvalue weighted by Gasteiger charge is -2.27. The van der Waals surface area contributed by atoms with E-state index in [-0.39, 0.29) is 12.5 Å². The summed E-state index contributed by atoms with van der Waals surface area (Å²) in [5.74, 6) is -2.49. The van der Waals surface area contributed by atoms with Crippen LogP contribution < -0.4 is 14.8 Å². The van der Waals surface area contributed by atoms with Gasteiger partial charge in [0.05, 0.1) is 14.2 Å². The molecule has 6 nitrogen and oxygen atoms in total. The van der Waals surface area contributed by atoms with Crippen LogP contribution in [0, 0.1) is 17.6 Å². The smallest absolute Gasteiger partial charge is 0.257 e. The number of hydrogen-bond acceptors (Lipinski definition) is 4. The van der Waals surface area contributed by atoms with Crippen molar-refractivity contribution in [3.05, 3.63) is 59.2 Å². The Kier molecular flexibility index (Phi) is 7.74. The molecule has 0 bridgehead atoms. The largest absolute Gasteiger partial charge is 0.497 e. The second-order valence-electron chi connectivity index (χ2n) is 7.16. The summed E-state index contributed by atoms with van der Waals surface area (Å²) in [6.07, 6.45) is 0. The van der Waals surface area contributed by atoms with E-state index in [4.69, 9.17) is 9.47 Å². The molecular formula is C22H26F2N2O4. The summed E-state index contributed by atoms with van der Waals surface area (Å²) in [4.78, 5) is 26.9. The third kappa shape index (κ3) is 5.25. The van der Waals surface area contributed by atoms with Crippen LogP contribution in [-0.4, -0.2) is 44.0 Å². The standard InChI is InChI=1S/C22H26F2N2O4/c1-13(2)20(25-21(27)19-16(23)7-6-8-17(19)24)22(28)26(3)12-14-9-10-15(29-4)11-18(14)30-5/h6-11,13,20H,12H2,1-5H3,(H,25,27). The number of likely N-dealkylation sites (N-methyl/N-ethyl adjacent to an activating group) is 1. The van der Waals surface area contributed by atoms with E-state index in [0.29, 0.717) is 11.5 Å². The highest BCUT2D eigenvalue weighted by Crippen LogP contribution is 2.26. The number of benzene rings is 2. The van der Waals surface area contributed by atoms with Crippen LogP contribution in [0.1, 0.15) is 29.8 Å². The van der Waals surface area contributed by atoms with E-state index in [9.17, 15) is 18.4 Å². The van der Waals surface area contributed by atoms with Gasteiger partial charge in [0.1, 0.15) is 34.7 Å². The maximum atomic E-state index is 13.9. The molecule has 1 atom stereocenters. The number of ether oxygens (including phenoxy) is 2. The summed E-state index contributed by atoms with van der Waals surface area (Å²) >= 11 is 0. The summed E-state index contributed by atoms with van der Waals surface area (Å²) in [7, 11) is 4.63. The van der Waals surface area contributed by atoms with E-state index in [1.54, 1.807) is 46.2 Å². The fraction of sp³-hybridized carbons (Fsp3) is 0.364. The highest BCUT2D eigenvalue weighted by molar-refractivity contribution is 5.98. The number of rotatable bonds is 8. The molecule has 0 aliphatic rings. The van der Waals surface area contributed by atoms with Crippen LogP contribution in [-0.2, 0) is 11.3 Å². The molecule has 2 amide bonds. The monoisotopic (exact) mass is 420 g/mol. The highest BCUT2D eigenvalue weighted by Gasteiger charge is 2.29. The van der Waals surface area contributed by atoms with Gasteiger partial charge in [0.2, 0.25) is 5.91 Å². The lowest BCUT2D eigenvalue weighted by Crippen LogP contribution is -2.50. The Balaban J connectivity index is 2.20. The first-order chi connectivity index (χ1) is 14.2. The molecule has 0 spiro atoms. The molecule has 0 aliphatic carbocycles. The van der Waals surface area contributed by atoms with Crippen molar-refractivity contribution in [1.29, 1.82) is 0 Å². The molecule has 0 saturated heterocycles. The van der Waals surface area contributed by atoms with Crippen LogP contribution in [0.15, 0.2) is 36.4 Å². The predicted octanol–water partition coefficient (Wildman–Crippen LogP) is 3.40. The lowest BCUT2D eigenvalue weighted by molar-refractivity contribution is -0.133. The molecule has 2 aromatic rings. The molecule has 1 N–H and O–H groups in total. The van der Waals surface area contributed by atoms with Gasteiger partial charge in [-0.3, -0.25) is 9.59 Å². The third-order valence-corrected chi connectivity index (χ3v) is 4.69. The molecule has 8 heteroatoms. The molecular weight excluding hydrogens is 394 g/mol. The minimum atomic E-state index is -0.987. The molecule has 0 fully saturated rings. The zero-order valence-corrected chi connectivity index (χ0v) is 17.7. The average molecular weight is 420 g/mol. The number of nitrogens with zero attached hydrogens (tertiary/aromatic N) is 1. The van der Waals surface area contributed by atoms with Crippen molar-refractivity contribution in [1.82, 2.24) is 10.2 Å². The summed E-state index contributed by atoms with van der Waals surface area (Å²) in [5, 5.41) is 2.47. The van der Waals surface area contributed by atoms with Gasteiger partial charge in [0.25, 0.3) is 5.91 Å². The van der Waals surface area contributed by atoms with Crippen molar-refractivity contribution in [3.63, 3.8) is 0 Å². The first-order valence-corrected chi connectivity index (χ1v) is 9.40. The first kappa shape index (κ1) is 23.1. The van der Waals surface area contributed by atoms with Crippen LogP contribution in [0.3, 0.4) is 0 Å². The van der Waals surface area contributed by atoms with Crippen molar-refractivity contribution in [2.75, 3.05) is 21.3 Å². The number of halogens is 2. The van der Waals surface area contributed by atoms with Gasteiger partial charge in [-0.05, 0) is 30.2 Å². The minimum absolute atomic E-state index is 0.207. The van der Waals surface area contributed by atoms with Crippen molar-refractivity contribution in [2.24, 2.45) is 5.92 Å². The number of nitrogens with one attached hydrogen (secondary N) is 1. The van der Waals surface area contributed by atoms with Crippen LogP contribution in [0.5, 0.6) is 11.5 Å². The van der Waals surface area contributed by atoms with Gasteiger partial charge >= 0.3 is 0 Å².